The van der Waals surface area contributed by atoms with Gasteiger partial charge in [0.05, 0.1) is 6.61 Å². The zero-order valence-corrected chi connectivity index (χ0v) is 13.0. The first-order valence-corrected chi connectivity index (χ1v) is 7.45. The van der Waals surface area contributed by atoms with Gasteiger partial charge < -0.3 is 19.3 Å². The van der Waals surface area contributed by atoms with Gasteiger partial charge in [-0.2, -0.15) is 0 Å². The molecule has 1 saturated heterocycles. The Morgan fingerprint density at radius 1 is 1.52 bits per heavy atom. The molecule has 2 heterocycles. The van der Waals surface area contributed by atoms with Crippen LogP contribution in [0.2, 0.25) is 0 Å². The van der Waals surface area contributed by atoms with Crippen LogP contribution in [0, 0.1) is 0 Å². The maximum atomic E-state index is 12.0. The van der Waals surface area contributed by atoms with Gasteiger partial charge in [-0.05, 0) is 12.8 Å². The monoisotopic (exact) mass is 326 g/mol. The summed E-state index contributed by atoms with van der Waals surface area (Å²) in [5.74, 6) is 0. The number of nitrogens with one attached hydrogen (secondary N) is 1. The first-order chi connectivity index (χ1) is 11.1. The number of rotatable bonds is 8. The van der Waals surface area contributed by atoms with Crippen LogP contribution in [-0.4, -0.2) is 53.3 Å². The van der Waals surface area contributed by atoms with E-state index in [2.05, 4.69) is 11.6 Å². The minimum absolute atomic E-state index is 0.169. The summed E-state index contributed by atoms with van der Waals surface area (Å²) in [4.78, 5) is 25.3. The van der Waals surface area contributed by atoms with Crippen LogP contribution in [-0.2, 0) is 14.2 Å². The molecule has 23 heavy (non-hydrogen) atoms. The molecule has 1 aliphatic heterocycles. The van der Waals surface area contributed by atoms with Gasteiger partial charge >= 0.3 is 5.69 Å². The number of H-pyrrole nitrogens is 1. The van der Waals surface area contributed by atoms with Crippen molar-refractivity contribution in [2.45, 2.75) is 37.4 Å². The van der Waals surface area contributed by atoms with E-state index in [1.807, 2.05) is 0 Å². The zero-order valence-electron chi connectivity index (χ0n) is 13.0. The van der Waals surface area contributed by atoms with E-state index in [4.69, 9.17) is 14.2 Å². The summed E-state index contributed by atoms with van der Waals surface area (Å²) in [7, 11) is 1.50. The van der Waals surface area contributed by atoms with Crippen molar-refractivity contribution in [1.29, 1.82) is 0 Å². The topological polar surface area (TPSA) is 103 Å². The van der Waals surface area contributed by atoms with Crippen molar-refractivity contribution >= 4 is 0 Å². The van der Waals surface area contributed by atoms with E-state index in [1.165, 1.54) is 23.9 Å². The Hall–Kier alpha value is -1.74. The third-order valence-electron chi connectivity index (χ3n) is 3.63. The maximum Gasteiger partial charge on any atom is 0.330 e. The van der Waals surface area contributed by atoms with Gasteiger partial charge in [-0.1, -0.05) is 6.08 Å². The van der Waals surface area contributed by atoms with Crippen molar-refractivity contribution in [3.05, 3.63) is 45.8 Å². The first kappa shape index (κ1) is 17.6. The molecule has 1 aromatic heterocycles. The first-order valence-electron chi connectivity index (χ1n) is 7.45. The van der Waals surface area contributed by atoms with E-state index in [-0.39, 0.29) is 6.61 Å². The lowest BCUT2D eigenvalue weighted by atomic mass is 10.1. The number of hydrogen-bond acceptors (Lipinski definition) is 6. The second-order valence-corrected chi connectivity index (χ2v) is 5.29. The van der Waals surface area contributed by atoms with Crippen LogP contribution in [0.25, 0.3) is 0 Å². The summed E-state index contributed by atoms with van der Waals surface area (Å²) < 4.78 is 17.7. The largest absolute Gasteiger partial charge is 0.387 e. The number of aliphatic hydroxyl groups excluding tert-OH is 1. The molecule has 0 saturated carbocycles. The highest BCUT2D eigenvalue weighted by Gasteiger charge is 2.45. The Labute approximate surface area is 133 Å². The van der Waals surface area contributed by atoms with Crippen molar-refractivity contribution in [2.75, 3.05) is 20.3 Å². The van der Waals surface area contributed by atoms with E-state index < -0.39 is 35.8 Å². The standard InChI is InChI=1S/C15H22N2O6/c1-3-4-5-8-22-13-12(19)10(9-21-2)23-14(13)17-7-6-11(18)16-15(17)20/h3,6-7,10,12-14,19H,1,4-5,8-9H2,2H3,(H,16,18,20). The van der Waals surface area contributed by atoms with Crippen molar-refractivity contribution < 1.29 is 19.3 Å². The number of aromatic nitrogens is 2. The van der Waals surface area contributed by atoms with E-state index in [9.17, 15) is 14.7 Å². The van der Waals surface area contributed by atoms with E-state index in [0.29, 0.717) is 6.61 Å². The van der Waals surface area contributed by atoms with Crippen LogP contribution in [0.15, 0.2) is 34.5 Å². The fourth-order valence-electron chi connectivity index (χ4n) is 2.50. The molecule has 1 aliphatic rings. The van der Waals surface area contributed by atoms with Gasteiger partial charge in [0.25, 0.3) is 5.56 Å². The van der Waals surface area contributed by atoms with E-state index in [1.54, 1.807) is 6.08 Å². The summed E-state index contributed by atoms with van der Waals surface area (Å²) >= 11 is 0. The van der Waals surface area contributed by atoms with Gasteiger partial charge in [-0.15, -0.1) is 6.58 Å². The highest BCUT2D eigenvalue weighted by molar-refractivity contribution is 4.94. The summed E-state index contributed by atoms with van der Waals surface area (Å²) in [5, 5.41) is 10.4. The SMILES string of the molecule is C=CCCCOC1C(O)C(COC)OC1n1ccc(=O)[nH]c1=O. The number of ether oxygens (including phenoxy) is 3. The second-order valence-electron chi connectivity index (χ2n) is 5.29. The Kier molecular flexibility index (Phi) is 6.28. The molecule has 0 aliphatic carbocycles. The van der Waals surface area contributed by atoms with Gasteiger partial charge in [0.1, 0.15) is 18.3 Å². The average molecular weight is 326 g/mol. The highest BCUT2D eigenvalue weighted by atomic mass is 16.6. The number of nitrogens with zero attached hydrogens (tertiary/aromatic N) is 1. The van der Waals surface area contributed by atoms with Gasteiger partial charge in [-0.25, -0.2) is 4.79 Å². The third-order valence-corrected chi connectivity index (χ3v) is 3.63. The van der Waals surface area contributed by atoms with Gasteiger partial charge in [0, 0.05) is 26.0 Å². The molecule has 0 bridgehead atoms. The Morgan fingerprint density at radius 2 is 2.30 bits per heavy atom. The molecule has 128 valence electrons. The molecular weight excluding hydrogens is 304 g/mol. The lowest BCUT2D eigenvalue weighted by molar-refractivity contribution is -0.0767. The molecule has 0 aromatic carbocycles. The Balaban J connectivity index is 2.20. The fourth-order valence-corrected chi connectivity index (χ4v) is 2.50. The van der Waals surface area contributed by atoms with Crippen molar-refractivity contribution in [3.63, 3.8) is 0 Å². The molecule has 4 unspecified atom stereocenters. The molecule has 8 nitrogen and oxygen atoms in total. The molecule has 2 rings (SSSR count). The number of unbranched alkanes of at least 4 members (excludes halogenated alkanes) is 1. The van der Waals surface area contributed by atoms with Crippen LogP contribution in [0.3, 0.4) is 0 Å². The van der Waals surface area contributed by atoms with Gasteiger partial charge in [-0.3, -0.25) is 14.3 Å². The predicted octanol–water partition coefficient (Wildman–Crippen LogP) is -0.207. The number of aliphatic hydroxyl groups is 1. The summed E-state index contributed by atoms with van der Waals surface area (Å²) in [6.45, 7) is 4.20. The molecule has 0 radical (unpaired) electrons. The Morgan fingerprint density at radius 3 is 2.96 bits per heavy atom. The number of aromatic amines is 1. The van der Waals surface area contributed by atoms with Crippen molar-refractivity contribution in [1.82, 2.24) is 9.55 Å². The normalized spacial score (nSPS) is 27.2. The lowest BCUT2D eigenvalue weighted by Gasteiger charge is -2.22. The van der Waals surface area contributed by atoms with Crippen LogP contribution in [0.1, 0.15) is 19.1 Å². The molecule has 0 amide bonds. The maximum absolute atomic E-state index is 12.0. The minimum atomic E-state index is -0.942. The molecule has 4 atom stereocenters. The zero-order chi connectivity index (χ0) is 16.8. The second kappa shape index (κ2) is 8.21. The molecule has 0 spiro atoms. The predicted molar refractivity (Wildman–Crippen MR) is 82.3 cm³/mol. The van der Waals surface area contributed by atoms with Gasteiger partial charge in [0.2, 0.25) is 0 Å². The summed E-state index contributed by atoms with van der Waals surface area (Å²) in [6, 6.07) is 1.22. The van der Waals surface area contributed by atoms with Crippen molar-refractivity contribution in [3.8, 4) is 0 Å². The number of allylic oxidation sites excluding steroid dienone is 1. The number of methoxy groups -OCH3 is 1. The fraction of sp³-hybridized carbons (Fsp3) is 0.600. The van der Waals surface area contributed by atoms with E-state index >= 15 is 0 Å². The Bertz CT molecular complexity index is 625. The lowest BCUT2D eigenvalue weighted by Crippen LogP contribution is -2.39. The van der Waals surface area contributed by atoms with Crippen LogP contribution in [0.5, 0.6) is 0 Å². The minimum Gasteiger partial charge on any atom is -0.387 e. The third kappa shape index (κ3) is 4.17. The van der Waals surface area contributed by atoms with Crippen LogP contribution >= 0.6 is 0 Å². The van der Waals surface area contributed by atoms with E-state index in [0.717, 1.165) is 12.8 Å². The quantitative estimate of drug-likeness (QED) is 0.506. The van der Waals surface area contributed by atoms with Crippen molar-refractivity contribution in [2.24, 2.45) is 0 Å². The average Bonchev–Trinajstić information content (AvgIpc) is 2.81. The molecule has 1 fully saturated rings. The molecular formula is C15H22N2O6. The summed E-state index contributed by atoms with van der Waals surface area (Å²) in [6.07, 6.45) is 1.51. The molecule has 2 N–H and O–H groups in total. The van der Waals surface area contributed by atoms with Crippen LogP contribution < -0.4 is 11.2 Å². The molecule has 8 heteroatoms. The highest BCUT2D eigenvalue weighted by Crippen LogP contribution is 2.31. The summed E-state index contributed by atoms with van der Waals surface area (Å²) in [5.41, 5.74) is -1.12. The number of hydrogen-bond donors (Lipinski definition) is 2. The molecule has 1 aromatic rings. The van der Waals surface area contributed by atoms with Crippen LogP contribution in [0.4, 0.5) is 0 Å². The smallest absolute Gasteiger partial charge is 0.330 e. The van der Waals surface area contributed by atoms with Gasteiger partial charge in [0.15, 0.2) is 6.23 Å².